The summed E-state index contributed by atoms with van der Waals surface area (Å²) in [6.45, 7) is 6.29. The number of nitrogens with zero attached hydrogens (tertiary/aromatic N) is 1. The van der Waals surface area contributed by atoms with Crippen LogP contribution in [0.25, 0.3) is 0 Å². The van der Waals surface area contributed by atoms with Gasteiger partial charge in [-0.2, -0.15) is 0 Å². The lowest BCUT2D eigenvalue weighted by Crippen LogP contribution is -2.59. The molecular formula is C15H24N2. The van der Waals surface area contributed by atoms with Crippen LogP contribution in [0.2, 0.25) is 0 Å². The van der Waals surface area contributed by atoms with E-state index in [0.29, 0.717) is 0 Å². The van der Waals surface area contributed by atoms with Crippen LogP contribution in [0.3, 0.4) is 0 Å². The number of rotatable bonds is 4. The lowest BCUT2D eigenvalue weighted by molar-refractivity contribution is 0.000183. The quantitative estimate of drug-likeness (QED) is 0.864. The fourth-order valence-electron chi connectivity index (χ4n) is 3.08. The Labute approximate surface area is 105 Å². The van der Waals surface area contributed by atoms with Gasteiger partial charge in [0.25, 0.3) is 0 Å². The van der Waals surface area contributed by atoms with Gasteiger partial charge >= 0.3 is 0 Å². The third kappa shape index (κ3) is 2.38. The molecule has 1 aromatic rings. The van der Waals surface area contributed by atoms with Gasteiger partial charge in [0.15, 0.2) is 0 Å². The van der Waals surface area contributed by atoms with Crippen molar-refractivity contribution in [1.82, 2.24) is 4.90 Å². The summed E-state index contributed by atoms with van der Waals surface area (Å²) in [7, 11) is 2.21. The molecule has 0 unspecified atom stereocenters. The Morgan fingerprint density at radius 3 is 2.53 bits per heavy atom. The molecule has 0 spiro atoms. The van der Waals surface area contributed by atoms with E-state index in [0.717, 1.165) is 19.0 Å². The van der Waals surface area contributed by atoms with E-state index in [-0.39, 0.29) is 5.54 Å². The molecule has 1 saturated carbocycles. The highest BCUT2D eigenvalue weighted by Crippen LogP contribution is 2.41. The minimum absolute atomic E-state index is 0.252. The van der Waals surface area contributed by atoms with E-state index < -0.39 is 0 Å². The largest absolute Gasteiger partial charge is 0.329 e. The predicted octanol–water partition coefficient (Wildman–Crippen LogP) is 2.55. The molecule has 2 heteroatoms. The van der Waals surface area contributed by atoms with Gasteiger partial charge in [-0.25, -0.2) is 0 Å². The maximum atomic E-state index is 5.98. The first-order valence-corrected chi connectivity index (χ1v) is 6.53. The molecule has 1 aliphatic carbocycles. The van der Waals surface area contributed by atoms with Crippen LogP contribution in [0.1, 0.15) is 30.9 Å². The molecule has 0 radical (unpaired) electrons. The average Bonchev–Trinajstić information content (AvgIpc) is 2.27. The zero-order valence-electron chi connectivity index (χ0n) is 11.2. The molecule has 0 saturated heterocycles. The maximum absolute atomic E-state index is 5.98. The van der Waals surface area contributed by atoms with Crippen molar-refractivity contribution in [2.24, 2.45) is 11.7 Å². The first-order valence-electron chi connectivity index (χ1n) is 6.53. The van der Waals surface area contributed by atoms with E-state index in [2.05, 4.69) is 50.1 Å². The number of likely N-dealkylation sites (N-methyl/N-ethyl adjacent to an activating group) is 1. The van der Waals surface area contributed by atoms with Gasteiger partial charge in [0.05, 0.1) is 0 Å². The molecule has 94 valence electrons. The van der Waals surface area contributed by atoms with Crippen molar-refractivity contribution in [2.75, 3.05) is 13.6 Å². The Balaban J connectivity index is 2.06. The summed E-state index contributed by atoms with van der Waals surface area (Å²) in [5.41, 5.74) is 9.03. The van der Waals surface area contributed by atoms with Crippen LogP contribution in [0, 0.1) is 12.8 Å². The van der Waals surface area contributed by atoms with E-state index in [1.165, 1.54) is 24.0 Å². The highest BCUT2D eigenvalue weighted by molar-refractivity contribution is 5.25. The van der Waals surface area contributed by atoms with Gasteiger partial charge in [0.1, 0.15) is 0 Å². The first kappa shape index (κ1) is 12.6. The van der Waals surface area contributed by atoms with Crippen LogP contribution in [-0.4, -0.2) is 24.0 Å². The highest BCUT2D eigenvalue weighted by atomic mass is 15.2. The molecule has 17 heavy (non-hydrogen) atoms. The fourth-order valence-corrected chi connectivity index (χ4v) is 3.08. The summed E-state index contributed by atoms with van der Waals surface area (Å²) in [5.74, 6) is 0.831. The van der Waals surface area contributed by atoms with Crippen LogP contribution >= 0.6 is 0 Å². The Kier molecular flexibility index (Phi) is 3.55. The van der Waals surface area contributed by atoms with Gasteiger partial charge in [-0.15, -0.1) is 0 Å². The average molecular weight is 232 g/mol. The molecule has 2 N–H and O–H groups in total. The third-order valence-corrected chi connectivity index (χ3v) is 4.32. The van der Waals surface area contributed by atoms with E-state index in [4.69, 9.17) is 5.73 Å². The second-order valence-electron chi connectivity index (χ2n) is 5.72. The molecule has 0 heterocycles. The van der Waals surface area contributed by atoms with Crippen molar-refractivity contribution in [2.45, 2.75) is 38.8 Å². The molecule has 0 amide bonds. The molecule has 0 bridgehead atoms. The zero-order valence-corrected chi connectivity index (χ0v) is 11.2. The molecule has 0 atom stereocenters. The van der Waals surface area contributed by atoms with E-state index >= 15 is 0 Å². The van der Waals surface area contributed by atoms with Gasteiger partial charge in [-0.1, -0.05) is 31.2 Å². The van der Waals surface area contributed by atoms with E-state index in [1.807, 2.05) is 0 Å². The summed E-state index contributed by atoms with van der Waals surface area (Å²) in [6.07, 6.45) is 2.48. The Morgan fingerprint density at radius 2 is 2.00 bits per heavy atom. The Morgan fingerprint density at radius 1 is 1.35 bits per heavy atom. The summed E-state index contributed by atoms with van der Waals surface area (Å²) >= 11 is 0. The molecule has 2 rings (SSSR count). The maximum Gasteiger partial charge on any atom is 0.0337 e. The van der Waals surface area contributed by atoms with Crippen molar-refractivity contribution < 1.29 is 0 Å². The van der Waals surface area contributed by atoms with Crippen LogP contribution in [0.4, 0.5) is 0 Å². The zero-order chi connectivity index (χ0) is 12.5. The minimum Gasteiger partial charge on any atom is -0.329 e. The fraction of sp³-hybridized carbons (Fsp3) is 0.600. The number of hydrogen-bond donors (Lipinski definition) is 1. The normalized spacial score (nSPS) is 28.2. The van der Waals surface area contributed by atoms with Gasteiger partial charge in [-0.05, 0) is 43.9 Å². The van der Waals surface area contributed by atoms with E-state index in [1.54, 1.807) is 0 Å². The number of hydrogen-bond acceptors (Lipinski definition) is 2. The van der Waals surface area contributed by atoms with Crippen molar-refractivity contribution in [1.29, 1.82) is 0 Å². The smallest absolute Gasteiger partial charge is 0.0337 e. The van der Waals surface area contributed by atoms with Crippen molar-refractivity contribution in [3.8, 4) is 0 Å². The Hall–Kier alpha value is -0.860. The summed E-state index contributed by atoms with van der Waals surface area (Å²) < 4.78 is 0. The SMILES string of the molecule is Cc1ccccc1CN(C)C1(CN)CC(C)C1. The van der Waals surface area contributed by atoms with Crippen LogP contribution in [0.15, 0.2) is 24.3 Å². The molecule has 2 nitrogen and oxygen atoms in total. The summed E-state index contributed by atoms with van der Waals surface area (Å²) in [4.78, 5) is 2.45. The molecule has 0 aliphatic heterocycles. The number of nitrogens with two attached hydrogens (primary N) is 1. The van der Waals surface area contributed by atoms with Crippen LogP contribution in [-0.2, 0) is 6.54 Å². The second-order valence-corrected chi connectivity index (χ2v) is 5.72. The van der Waals surface area contributed by atoms with E-state index in [9.17, 15) is 0 Å². The third-order valence-electron chi connectivity index (χ3n) is 4.32. The topological polar surface area (TPSA) is 29.3 Å². The molecule has 1 aliphatic rings. The molecule has 0 aromatic heterocycles. The Bertz CT molecular complexity index is 380. The standard InChI is InChI=1S/C15H24N2/c1-12-8-15(9-12,11-16)17(3)10-14-7-5-4-6-13(14)2/h4-7,12H,8-11,16H2,1-3H3. The van der Waals surface area contributed by atoms with Crippen molar-refractivity contribution in [3.63, 3.8) is 0 Å². The number of aryl methyl sites for hydroxylation is 1. The highest BCUT2D eigenvalue weighted by Gasteiger charge is 2.43. The van der Waals surface area contributed by atoms with Crippen LogP contribution < -0.4 is 5.73 Å². The monoisotopic (exact) mass is 232 g/mol. The molecule has 1 fully saturated rings. The van der Waals surface area contributed by atoms with Crippen LogP contribution in [0.5, 0.6) is 0 Å². The minimum atomic E-state index is 0.252. The van der Waals surface area contributed by atoms with Crippen molar-refractivity contribution in [3.05, 3.63) is 35.4 Å². The van der Waals surface area contributed by atoms with Crippen molar-refractivity contribution >= 4 is 0 Å². The molecule has 1 aromatic carbocycles. The summed E-state index contributed by atoms with van der Waals surface area (Å²) in [6, 6.07) is 8.62. The summed E-state index contributed by atoms with van der Waals surface area (Å²) in [5, 5.41) is 0. The number of benzene rings is 1. The van der Waals surface area contributed by atoms with Gasteiger partial charge < -0.3 is 5.73 Å². The van der Waals surface area contributed by atoms with Gasteiger partial charge in [0, 0.05) is 18.6 Å². The van der Waals surface area contributed by atoms with Gasteiger partial charge in [-0.3, -0.25) is 4.90 Å². The lowest BCUT2D eigenvalue weighted by Gasteiger charge is -2.52. The lowest BCUT2D eigenvalue weighted by atomic mass is 9.68. The second kappa shape index (κ2) is 4.79. The first-order chi connectivity index (χ1) is 8.07. The predicted molar refractivity (Wildman–Crippen MR) is 72.8 cm³/mol. The van der Waals surface area contributed by atoms with Gasteiger partial charge in [0.2, 0.25) is 0 Å². The molecular weight excluding hydrogens is 208 g/mol.